The molecule has 1 aromatic rings. The van der Waals surface area contributed by atoms with Crippen molar-refractivity contribution in [3.8, 4) is 0 Å². The van der Waals surface area contributed by atoms with Gasteiger partial charge in [-0.2, -0.15) is 4.98 Å². The highest BCUT2D eigenvalue weighted by Crippen LogP contribution is 2.26. The fourth-order valence-corrected chi connectivity index (χ4v) is 2.43. The van der Waals surface area contributed by atoms with Crippen LogP contribution < -0.4 is 9.80 Å². The van der Waals surface area contributed by atoms with Crippen LogP contribution in [0.15, 0.2) is 12.3 Å². The van der Waals surface area contributed by atoms with Crippen molar-refractivity contribution in [3.63, 3.8) is 0 Å². The van der Waals surface area contributed by atoms with Gasteiger partial charge in [0.1, 0.15) is 5.82 Å². The van der Waals surface area contributed by atoms with Crippen LogP contribution in [0.2, 0.25) is 0 Å². The average Bonchev–Trinajstić information content (AvgIpc) is 2.33. The predicted molar refractivity (Wildman–Crippen MR) is 75.1 cm³/mol. The molecular formula is C12H19BrN4. The first-order valence-electron chi connectivity index (χ1n) is 5.97. The highest BCUT2D eigenvalue weighted by molar-refractivity contribution is 9.09. The van der Waals surface area contributed by atoms with Gasteiger partial charge in [-0.25, -0.2) is 4.98 Å². The number of halogens is 1. The standard InChI is InChI=1S/C12H19BrN4/c1-9-8-17(7-5-10(9)13)11-4-6-14-12(15-11)16(2)3/h4,6,9-10H,5,7-8H2,1-3H3. The molecule has 2 unspecified atom stereocenters. The van der Waals surface area contributed by atoms with Crippen molar-refractivity contribution in [2.24, 2.45) is 5.92 Å². The summed E-state index contributed by atoms with van der Waals surface area (Å²) in [7, 11) is 3.93. The number of alkyl halides is 1. The highest BCUT2D eigenvalue weighted by atomic mass is 79.9. The smallest absolute Gasteiger partial charge is 0.226 e. The maximum atomic E-state index is 4.58. The SMILES string of the molecule is CC1CN(c2ccnc(N(C)C)n2)CCC1Br. The van der Waals surface area contributed by atoms with Gasteiger partial charge in [0.25, 0.3) is 0 Å². The monoisotopic (exact) mass is 298 g/mol. The fraction of sp³-hybridized carbons (Fsp3) is 0.667. The van der Waals surface area contributed by atoms with Gasteiger partial charge >= 0.3 is 0 Å². The van der Waals surface area contributed by atoms with E-state index in [1.807, 2.05) is 31.3 Å². The molecule has 0 aromatic carbocycles. The molecule has 1 aliphatic rings. The second-order valence-corrected chi connectivity index (χ2v) is 6.01. The maximum absolute atomic E-state index is 4.58. The zero-order valence-electron chi connectivity index (χ0n) is 10.6. The van der Waals surface area contributed by atoms with Gasteiger partial charge in [0.2, 0.25) is 5.95 Å². The van der Waals surface area contributed by atoms with Crippen molar-refractivity contribution in [1.82, 2.24) is 9.97 Å². The molecule has 0 saturated carbocycles. The molecule has 1 saturated heterocycles. The Labute approximate surface area is 111 Å². The number of anilines is 2. The summed E-state index contributed by atoms with van der Waals surface area (Å²) in [5.41, 5.74) is 0. The lowest BCUT2D eigenvalue weighted by atomic mass is 10.0. The number of nitrogens with zero attached hydrogens (tertiary/aromatic N) is 4. The van der Waals surface area contributed by atoms with E-state index in [1.165, 1.54) is 6.42 Å². The molecule has 1 aromatic heterocycles. The van der Waals surface area contributed by atoms with Crippen molar-refractivity contribution < 1.29 is 0 Å². The van der Waals surface area contributed by atoms with Gasteiger partial charge in [-0.05, 0) is 18.4 Å². The second kappa shape index (κ2) is 5.21. The van der Waals surface area contributed by atoms with Crippen LogP contribution in [-0.2, 0) is 0 Å². The summed E-state index contributed by atoms with van der Waals surface area (Å²) in [5.74, 6) is 2.47. The molecule has 2 rings (SSSR count). The van der Waals surface area contributed by atoms with E-state index >= 15 is 0 Å². The molecule has 5 heteroatoms. The molecule has 2 heterocycles. The van der Waals surface area contributed by atoms with Crippen LogP contribution in [0, 0.1) is 5.92 Å². The Morgan fingerprint density at radius 3 is 2.88 bits per heavy atom. The molecule has 0 bridgehead atoms. The van der Waals surface area contributed by atoms with Crippen LogP contribution in [0.1, 0.15) is 13.3 Å². The minimum atomic E-state index is 0.633. The summed E-state index contributed by atoms with van der Waals surface area (Å²) in [6.07, 6.45) is 3.00. The minimum absolute atomic E-state index is 0.633. The van der Waals surface area contributed by atoms with Gasteiger partial charge in [0, 0.05) is 38.2 Å². The van der Waals surface area contributed by atoms with Gasteiger partial charge in [0.05, 0.1) is 0 Å². The number of piperidine rings is 1. The van der Waals surface area contributed by atoms with Gasteiger partial charge in [-0.15, -0.1) is 0 Å². The average molecular weight is 299 g/mol. The lowest BCUT2D eigenvalue weighted by Crippen LogP contribution is -2.40. The Balaban J connectivity index is 2.14. The molecular weight excluding hydrogens is 280 g/mol. The maximum Gasteiger partial charge on any atom is 0.226 e. The highest BCUT2D eigenvalue weighted by Gasteiger charge is 2.24. The van der Waals surface area contributed by atoms with Gasteiger partial charge < -0.3 is 9.80 Å². The van der Waals surface area contributed by atoms with E-state index in [0.717, 1.165) is 24.9 Å². The summed E-state index contributed by atoms with van der Waals surface area (Å²) < 4.78 is 0. The Bertz CT molecular complexity index is 383. The number of rotatable bonds is 2. The van der Waals surface area contributed by atoms with Crippen LogP contribution in [0.3, 0.4) is 0 Å². The molecule has 0 aliphatic carbocycles. The molecule has 1 fully saturated rings. The van der Waals surface area contributed by atoms with Gasteiger partial charge in [-0.1, -0.05) is 22.9 Å². The molecule has 0 N–H and O–H groups in total. The summed E-state index contributed by atoms with van der Waals surface area (Å²) in [6, 6.07) is 1.99. The van der Waals surface area contributed by atoms with E-state index in [-0.39, 0.29) is 0 Å². The normalized spacial score (nSPS) is 24.8. The van der Waals surface area contributed by atoms with Crippen LogP contribution in [0.4, 0.5) is 11.8 Å². The topological polar surface area (TPSA) is 32.3 Å². The van der Waals surface area contributed by atoms with Crippen molar-refractivity contribution >= 4 is 27.7 Å². The van der Waals surface area contributed by atoms with E-state index in [4.69, 9.17) is 0 Å². The van der Waals surface area contributed by atoms with Crippen molar-refractivity contribution in [2.75, 3.05) is 37.0 Å². The van der Waals surface area contributed by atoms with Crippen molar-refractivity contribution in [2.45, 2.75) is 18.2 Å². The third-order valence-electron chi connectivity index (χ3n) is 3.15. The van der Waals surface area contributed by atoms with E-state index < -0.39 is 0 Å². The number of hydrogen-bond acceptors (Lipinski definition) is 4. The molecule has 94 valence electrons. The molecule has 2 atom stereocenters. The fourth-order valence-electron chi connectivity index (χ4n) is 2.06. The van der Waals surface area contributed by atoms with E-state index in [0.29, 0.717) is 10.7 Å². The van der Waals surface area contributed by atoms with E-state index in [1.54, 1.807) is 0 Å². The van der Waals surface area contributed by atoms with Crippen LogP contribution in [0.5, 0.6) is 0 Å². The predicted octanol–water partition coefficient (Wildman–Crippen LogP) is 2.15. The van der Waals surface area contributed by atoms with Crippen molar-refractivity contribution in [3.05, 3.63) is 12.3 Å². The first-order chi connectivity index (χ1) is 8.08. The van der Waals surface area contributed by atoms with Crippen LogP contribution in [-0.4, -0.2) is 42.0 Å². The van der Waals surface area contributed by atoms with Crippen molar-refractivity contribution in [1.29, 1.82) is 0 Å². The lowest BCUT2D eigenvalue weighted by molar-refractivity contribution is 0.463. The first-order valence-corrected chi connectivity index (χ1v) is 6.89. The quantitative estimate of drug-likeness (QED) is 0.783. The van der Waals surface area contributed by atoms with E-state index in [9.17, 15) is 0 Å². The Morgan fingerprint density at radius 1 is 1.47 bits per heavy atom. The van der Waals surface area contributed by atoms with Crippen LogP contribution in [0.25, 0.3) is 0 Å². The van der Waals surface area contributed by atoms with Gasteiger partial charge in [-0.3, -0.25) is 0 Å². The molecule has 0 amide bonds. The third-order valence-corrected chi connectivity index (χ3v) is 4.51. The molecule has 0 radical (unpaired) electrons. The third kappa shape index (κ3) is 2.89. The summed E-state index contributed by atoms with van der Waals surface area (Å²) in [6.45, 7) is 4.39. The summed E-state index contributed by atoms with van der Waals surface area (Å²) in [4.78, 5) is 13.7. The Hall–Kier alpha value is -0.840. The largest absolute Gasteiger partial charge is 0.356 e. The first kappa shape index (κ1) is 12.6. The molecule has 0 spiro atoms. The van der Waals surface area contributed by atoms with Gasteiger partial charge in [0.15, 0.2) is 0 Å². The zero-order chi connectivity index (χ0) is 12.4. The zero-order valence-corrected chi connectivity index (χ0v) is 12.2. The number of hydrogen-bond donors (Lipinski definition) is 0. The molecule has 4 nitrogen and oxygen atoms in total. The summed E-state index contributed by atoms with van der Waals surface area (Å²) >= 11 is 3.72. The Kier molecular flexibility index (Phi) is 3.86. The minimum Gasteiger partial charge on any atom is -0.356 e. The molecule has 1 aliphatic heterocycles. The second-order valence-electron chi connectivity index (χ2n) is 4.84. The molecule has 17 heavy (non-hydrogen) atoms. The lowest BCUT2D eigenvalue weighted by Gasteiger charge is -2.35. The number of aromatic nitrogens is 2. The Morgan fingerprint density at radius 2 is 2.24 bits per heavy atom. The van der Waals surface area contributed by atoms with E-state index in [2.05, 4.69) is 37.7 Å². The van der Waals surface area contributed by atoms with Crippen LogP contribution >= 0.6 is 15.9 Å². The summed E-state index contributed by atoms with van der Waals surface area (Å²) in [5, 5.41) is 0.